The Morgan fingerprint density at radius 2 is 1.75 bits per heavy atom. The zero-order valence-corrected chi connectivity index (χ0v) is 16.4. The van der Waals surface area contributed by atoms with Crippen molar-refractivity contribution in [1.82, 2.24) is 10.6 Å². The van der Waals surface area contributed by atoms with E-state index in [4.69, 9.17) is 0 Å². The third-order valence-electron chi connectivity index (χ3n) is 4.20. The Morgan fingerprint density at radius 1 is 1.12 bits per heavy atom. The fourth-order valence-electron chi connectivity index (χ4n) is 2.80. The number of thioether (sulfide) groups is 1. The first-order valence-electron chi connectivity index (χ1n) is 8.54. The number of amides is 2. The minimum absolute atomic E-state index is 0.00478. The standard InChI is InChI=1S/C18H25BrN2O2S/c1-13(24-16-9-7-15(19)8-10-16)17(22)20-11-12-21-18(23)14-5-3-2-4-6-14/h7-10,13-14H,2-6,11-12H2,1H3,(H,20,22)(H,21,23). The molecular weight excluding hydrogens is 388 g/mol. The van der Waals surface area contributed by atoms with Crippen molar-refractivity contribution in [2.45, 2.75) is 49.2 Å². The van der Waals surface area contributed by atoms with E-state index in [1.165, 1.54) is 18.2 Å². The van der Waals surface area contributed by atoms with Crippen molar-refractivity contribution in [3.05, 3.63) is 28.7 Å². The lowest BCUT2D eigenvalue weighted by Gasteiger charge is -2.20. The monoisotopic (exact) mass is 412 g/mol. The molecule has 1 aliphatic carbocycles. The first kappa shape index (κ1) is 19.3. The molecular formula is C18H25BrN2O2S. The molecule has 2 amide bonds. The van der Waals surface area contributed by atoms with Crippen LogP contribution in [0.15, 0.2) is 33.6 Å². The minimum Gasteiger partial charge on any atom is -0.354 e. The summed E-state index contributed by atoms with van der Waals surface area (Å²) in [5.41, 5.74) is 0. The van der Waals surface area contributed by atoms with Gasteiger partial charge in [0.05, 0.1) is 5.25 Å². The molecule has 1 aromatic carbocycles. The van der Waals surface area contributed by atoms with Crippen molar-refractivity contribution in [2.24, 2.45) is 5.92 Å². The van der Waals surface area contributed by atoms with Gasteiger partial charge >= 0.3 is 0 Å². The molecule has 1 aliphatic rings. The van der Waals surface area contributed by atoms with Crippen LogP contribution in [-0.2, 0) is 9.59 Å². The van der Waals surface area contributed by atoms with Crippen molar-refractivity contribution < 1.29 is 9.59 Å². The van der Waals surface area contributed by atoms with Crippen LogP contribution in [-0.4, -0.2) is 30.2 Å². The largest absolute Gasteiger partial charge is 0.354 e. The van der Waals surface area contributed by atoms with Crippen molar-refractivity contribution in [3.63, 3.8) is 0 Å². The van der Waals surface area contributed by atoms with Crippen LogP contribution in [0.5, 0.6) is 0 Å². The number of benzene rings is 1. The normalized spacial score (nSPS) is 16.4. The summed E-state index contributed by atoms with van der Waals surface area (Å²) in [6, 6.07) is 7.91. The van der Waals surface area contributed by atoms with Crippen molar-refractivity contribution in [3.8, 4) is 0 Å². The number of nitrogens with one attached hydrogen (secondary N) is 2. The van der Waals surface area contributed by atoms with Crippen molar-refractivity contribution >= 4 is 39.5 Å². The molecule has 2 rings (SSSR count). The first-order chi connectivity index (χ1) is 11.6. The molecule has 0 aromatic heterocycles. The van der Waals surface area contributed by atoms with Crippen LogP contribution in [0.4, 0.5) is 0 Å². The van der Waals surface area contributed by atoms with E-state index in [0.29, 0.717) is 13.1 Å². The van der Waals surface area contributed by atoms with Gasteiger partial charge in [0.15, 0.2) is 0 Å². The molecule has 1 fully saturated rings. The van der Waals surface area contributed by atoms with E-state index >= 15 is 0 Å². The van der Waals surface area contributed by atoms with E-state index in [9.17, 15) is 9.59 Å². The van der Waals surface area contributed by atoms with Gasteiger partial charge < -0.3 is 10.6 Å². The van der Waals surface area contributed by atoms with Gasteiger partial charge in [0.25, 0.3) is 0 Å². The number of halogens is 1. The molecule has 0 heterocycles. The Kier molecular flexibility index (Phi) is 8.12. The summed E-state index contributed by atoms with van der Waals surface area (Å²) in [4.78, 5) is 25.2. The highest BCUT2D eigenvalue weighted by atomic mass is 79.9. The predicted molar refractivity (Wildman–Crippen MR) is 102 cm³/mol. The highest BCUT2D eigenvalue weighted by Crippen LogP contribution is 2.25. The smallest absolute Gasteiger partial charge is 0.233 e. The van der Waals surface area contributed by atoms with Crippen LogP contribution < -0.4 is 10.6 Å². The second kappa shape index (κ2) is 10.1. The van der Waals surface area contributed by atoms with Crippen molar-refractivity contribution in [2.75, 3.05) is 13.1 Å². The maximum atomic E-state index is 12.1. The van der Waals surface area contributed by atoms with E-state index < -0.39 is 0 Å². The van der Waals surface area contributed by atoms with Crippen LogP contribution in [0.3, 0.4) is 0 Å². The van der Waals surface area contributed by atoms with Gasteiger partial charge in [-0.25, -0.2) is 0 Å². The fraction of sp³-hybridized carbons (Fsp3) is 0.556. The molecule has 6 heteroatoms. The Hall–Kier alpha value is -1.01. The van der Waals surface area contributed by atoms with Gasteiger partial charge in [-0.3, -0.25) is 9.59 Å². The summed E-state index contributed by atoms with van der Waals surface area (Å²) in [5, 5.41) is 5.66. The molecule has 0 bridgehead atoms. The van der Waals surface area contributed by atoms with E-state index in [-0.39, 0.29) is 23.0 Å². The van der Waals surface area contributed by atoms with Crippen molar-refractivity contribution in [1.29, 1.82) is 0 Å². The number of carbonyl (C=O) groups excluding carboxylic acids is 2. The summed E-state index contributed by atoms with van der Waals surface area (Å²) in [6.07, 6.45) is 5.55. The molecule has 0 spiro atoms. The highest BCUT2D eigenvalue weighted by molar-refractivity contribution is 9.10. The lowest BCUT2D eigenvalue weighted by Crippen LogP contribution is -2.40. The molecule has 0 radical (unpaired) electrons. The predicted octanol–water partition coefficient (Wildman–Crippen LogP) is 3.74. The number of carbonyl (C=O) groups is 2. The van der Waals surface area contributed by atoms with Gasteiger partial charge in [-0.1, -0.05) is 35.2 Å². The van der Waals surface area contributed by atoms with E-state index in [1.54, 1.807) is 0 Å². The first-order valence-corrected chi connectivity index (χ1v) is 10.2. The molecule has 1 unspecified atom stereocenters. The molecule has 0 saturated heterocycles. The summed E-state index contributed by atoms with van der Waals surface area (Å²) < 4.78 is 1.03. The summed E-state index contributed by atoms with van der Waals surface area (Å²) in [7, 11) is 0. The van der Waals surface area contributed by atoms with Gasteiger partial charge in [-0.15, -0.1) is 11.8 Å². The highest BCUT2D eigenvalue weighted by Gasteiger charge is 2.20. The number of hydrogen-bond acceptors (Lipinski definition) is 3. The van der Waals surface area contributed by atoms with Gasteiger partial charge in [-0.2, -0.15) is 0 Å². The molecule has 132 valence electrons. The maximum absolute atomic E-state index is 12.1. The Morgan fingerprint density at radius 3 is 2.42 bits per heavy atom. The van der Waals surface area contributed by atoms with Crippen LogP contribution in [0.25, 0.3) is 0 Å². The second-order valence-electron chi connectivity index (χ2n) is 6.13. The Bertz CT molecular complexity index is 544. The van der Waals surface area contributed by atoms with E-state index in [0.717, 1.165) is 35.1 Å². The molecule has 1 saturated carbocycles. The molecule has 24 heavy (non-hydrogen) atoms. The third-order valence-corrected chi connectivity index (χ3v) is 5.84. The average Bonchev–Trinajstić information content (AvgIpc) is 2.61. The Labute approximate surface area is 156 Å². The van der Waals surface area contributed by atoms with Gasteiger partial charge in [-0.05, 0) is 44.0 Å². The SMILES string of the molecule is CC(Sc1ccc(Br)cc1)C(=O)NCCNC(=O)C1CCCCC1. The van der Waals surface area contributed by atoms with Crippen LogP contribution >= 0.6 is 27.7 Å². The van der Waals surface area contributed by atoms with E-state index in [2.05, 4.69) is 26.6 Å². The summed E-state index contributed by atoms with van der Waals surface area (Å²) in [5.74, 6) is 0.303. The topological polar surface area (TPSA) is 58.2 Å². The molecule has 4 nitrogen and oxygen atoms in total. The zero-order valence-electron chi connectivity index (χ0n) is 14.0. The van der Waals surface area contributed by atoms with Gasteiger partial charge in [0.1, 0.15) is 0 Å². The lowest BCUT2D eigenvalue weighted by molar-refractivity contribution is -0.126. The zero-order chi connectivity index (χ0) is 17.4. The lowest BCUT2D eigenvalue weighted by atomic mass is 9.89. The van der Waals surface area contributed by atoms with E-state index in [1.807, 2.05) is 31.2 Å². The number of rotatable bonds is 7. The minimum atomic E-state index is -0.166. The quantitative estimate of drug-likeness (QED) is 0.529. The summed E-state index contributed by atoms with van der Waals surface area (Å²) in [6.45, 7) is 2.86. The van der Waals surface area contributed by atoms with Gasteiger partial charge in [0.2, 0.25) is 11.8 Å². The Balaban J connectivity index is 1.63. The average molecular weight is 413 g/mol. The number of hydrogen-bond donors (Lipinski definition) is 2. The fourth-order valence-corrected chi connectivity index (χ4v) is 3.95. The van der Waals surface area contributed by atoms with Crippen LogP contribution in [0.2, 0.25) is 0 Å². The molecule has 1 atom stereocenters. The maximum Gasteiger partial charge on any atom is 0.233 e. The molecule has 1 aromatic rings. The van der Waals surface area contributed by atoms with Crippen LogP contribution in [0.1, 0.15) is 39.0 Å². The van der Waals surface area contributed by atoms with Gasteiger partial charge in [0, 0.05) is 28.4 Å². The molecule has 0 aliphatic heterocycles. The second-order valence-corrected chi connectivity index (χ2v) is 8.46. The van der Waals surface area contributed by atoms with Crippen LogP contribution in [0, 0.1) is 5.92 Å². The molecule has 2 N–H and O–H groups in total. The summed E-state index contributed by atoms with van der Waals surface area (Å²) >= 11 is 4.93. The third kappa shape index (κ3) is 6.48.